The fourth-order valence-electron chi connectivity index (χ4n) is 2.34. The number of rotatable bonds is 5. The summed E-state index contributed by atoms with van der Waals surface area (Å²) in [4.78, 5) is 14.1. The number of para-hydroxylation sites is 2. The number of amides is 1. The second kappa shape index (κ2) is 7.14. The van der Waals surface area contributed by atoms with Crippen LogP contribution in [0.4, 0.5) is 0 Å². The van der Waals surface area contributed by atoms with Gasteiger partial charge in [0.15, 0.2) is 11.5 Å². The highest BCUT2D eigenvalue weighted by molar-refractivity contribution is 5.76. The maximum Gasteiger partial charge on any atom is 0.226 e. The quantitative estimate of drug-likeness (QED) is 0.881. The summed E-state index contributed by atoms with van der Waals surface area (Å²) < 4.78 is 10.8. The van der Waals surface area contributed by atoms with Gasteiger partial charge >= 0.3 is 0 Å². The number of ether oxygens (including phenoxy) is 2. The van der Waals surface area contributed by atoms with E-state index in [0.717, 1.165) is 19.6 Å². The number of nitrogens with one attached hydrogen (secondary N) is 1. The molecule has 1 fully saturated rings. The molecular weight excluding hydrogens is 256 g/mol. The molecule has 1 saturated heterocycles. The summed E-state index contributed by atoms with van der Waals surface area (Å²) >= 11 is 0. The molecule has 1 aromatic rings. The number of hydrogen-bond donors (Lipinski definition) is 1. The molecule has 1 heterocycles. The lowest BCUT2D eigenvalue weighted by Crippen LogP contribution is -2.52. The normalized spacial score (nSPS) is 18.7. The second-order valence-electron chi connectivity index (χ2n) is 4.89. The van der Waals surface area contributed by atoms with Gasteiger partial charge in [0.25, 0.3) is 0 Å². The van der Waals surface area contributed by atoms with Gasteiger partial charge in [-0.1, -0.05) is 12.1 Å². The van der Waals surface area contributed by atoms with Crippen LogP contribution in [0, 0.1) is 0 Å². The number of piperazine rings is 1. The Morgan fingerprint density at radius 2 is 2.15 bits per heavy atom. The minimum atomic E-state index is 0.147. The summed E-state index contributed by atoms with van der Waals surface area (Å²) in [5.74, 6) is 1.51. The monoisotopic (exact) mass is 278 g/mol. The van der Waals surface area contributed by atoms with Crippen LogP contribution in [0.1, 0.15) is 13.3 Å². The molecule has 0 aromatic heterocycles. The van der Waals surface area contributed by atoms with E-state index in [2.05, 4.69) is 12.2 Å². The van der Waals surface area contributed by atoms with Crippen molar-refractivity contribution in [3.8, 4) is 11.5 Å². The smallest absolute Gasteiger partial charge is 0.226 e. The zero-order chi connectivity index (χ0) is 14.4. The van der Waals surface area contributed by atoms with Gasteiger partial charge in [0.2, 0.25) is 5.91 Å². The van der Waals surface area contributed by atoms with Crippen LogP contribution < -0.4 is 14.8 Å². The Bertz CT molecular complexity index is 450. The van der Waals surface area contributed by atoms with E-state index >= 15 is 0 Å². The number of benzene rings is 1. The van der Waals surface area contributed by atoms with Crippen LogP contribution in [-0.2, 0) is 4.79 Å². The topological polar surface area (TPSA) is 50.8 Å². The molecule has 1 amide bonds. The maximum atomic E-state index is 12.1. The Hall–Kier alpha value is -1.75. The molecule has 5 heteroatoms. The molecule has 1 aliphatic rings. The number of carbonyl (C=O) groups is 1. The largest absolute Gasteiger partial charge is 0.493 e. The summed E-state index contributed by atoms with van der Waals surface area (Å²) in [5, 5.41) is 3.27. The van der Waals surface area contributed by atoms with Gasteiger partial charge in [-0.15, -0.1) is 0 Å². The van der Waals surface area contributed by atoms with Crippen molar-refractivity contribution in [2.24, 2.45) is 0 Å². The first kappa shape index (κ1) is 14.7. The van der Waals surface area contributed by atoms with Gasteiger partial charge in [-0.25, -0.2) is 0 Å². The third-order valence-electron chi connectivity index (χ3n) is 3.46. The van der Waals surface area contributed by atoms with Gasteiger partial charge in [0.1, 0.15) is 0 Å². The average Bonchev–Trinajstić information content (AvgIpc) is 2.48. The van der Waals surface area contributed by atoms with Crippen molar-refractivity contribution in [1.82, 2.24) is 10.2 Å². The number of methoxy groups -OCH3 is 1. The van der Waals surface area contributed by atoms with Crippen LogP contribution in [-0.4, -0.2) is 50.2 Å². The Morgan fingerprint density at radius 3 is 2.85 bits per heavy atom. The molecule has 1 aliphatic heterocycles. The molecule has 0 radical (unpaired) electrons. The second-order valence-corrected chi connectivity index (χ2v) is 4.89. The summed E-state index contributed by atoms with van der Waals surface area (Å²) in [6, 6.07) is 7.71. The van der Waals surface area contributed by atoms with E-state index in [1.54, 1.807) is 7.11 Å². The number of nitrogens with zero attached hydrogens (tertiary/aromatic N) is 1. The van der Waals surface area contributed by atoms with Crippen molar-refractivity contribution in [3.63, 3.8) is 0 Å². The van der Waals surface area contributed by atoms with Gasteiger partial charge in [0, 0.05) is 25.7 Å². The lowest BCUT2D eigenvalue weighted by atomic mass is 10.2. The van der Waals surface area contributed by atoms with Crippen LogP contribution in [0.3, 0.4) is 0 Å². The van der Waals surface area contributed by atoms with Gasteiger partial charge < -0.3 is 19.7 Å². The predicted molar refractivity (Wildman–Crippen MR) is 77.2 cm³/mol. The van der Waals surface area contributed by atoms with Gasteiger partial charge in [0.05, 0.1) is 20.1 Å². The van der Waals surface area contributed by atoms with Gasteiger partial charge in [-0.05, 0) is 19.1 Å². The highest BCUT2D eigenvalue weighted by Gasteiger charge is 2.22. The van der Waals surface area contributed by atoms with Crippen molar-refractivity contribution >= 4 is 5.91 Å². The van der Waals surface area contributed by atoms with Crippen molar-refractivity contribution in [2.45, 2.75) is 19.4 Å². The first-order valence-electron chi connectivity index (χ1n) is 6.98. The average molecular weight is 278 g/mol. The third-order valence-corrected chi connectivity index (χ3v) is 3.46. The van der Waals surface area contributed by atoms with Crippen molar-refractivity contribution in [1.29, 1.82) is 0 Å². The molecule has 1 unspecified atom stereocenters. The fourth-order valence-corrected chi connectivity index (χ4v) is 2.34. The molecule has 0 saturated carbocycles. The summed E-state index contributed by atoms with van der Waals surface area (Å²) in [6.07, 6.45) is 0.391. The summed E-state index contributed by atoms with van der Waals surface area (Å²) in [6.45, 7) is 4.93. The zero-order valence-corrected chi connectivity index (χ0v) is 12.1. The van der Waals surface area contributed by atoms with E-state index in [-0.39, 0.29) is 11.9 Å². The number of carbonyl (C=O) groups excluding carboxylic acids is 1. The molecule has 1 N–H and O–H groups in total. The van der Waals surface area contributed by atoms with Crippen molar-refractivity contribution in [2.75, 3.05) is 33.4 Å². The van der Waals surface area contributed by atoms with Crippen LogP contribution in [0.15, 0.2) is 24.3 Å². The van der Waals surface area contributed by atoms with Crippen LogP contribution in [0.2, 0.25) is 0 Å². The van der Waals surface area contributed by atoms with Crippen molar-refractivity contribution in [3.05, 3.63) is 24.3 Å². The van der Waals surface area contributed by atoms with Gasteiger partial charge in [-0.2, -0.15) is 0 Å². The van der Waals surface area contributed by atoms with Gasteiger partial charge in [-0.3, -0.25) is 4.79 Å². The van der Waals surface area contributed by atoms with Crippen LogP contribution >= 0.6 is 0 Å². The Kier molecular flexibility index (Phi) is 5.24. The molecule has 0 spiro atoms. The highest BCUT2D eigenvalue weighted by Crippen LogP contribution is 2.25. The molecule has 1 atom stereocenters. The molecule has 5 nitrogen and oxygen atoms in total. The summed E-state index contributed by atoms with van der Waals surface area (Å²) in [7, 11) is 1.61. The highest BCUT2D eigenvalue weighted by atomic mass is 16.5. The van der Waals surface area contributed by atoms with E-state index in [0.29, 0.717) is 24.5 Å². The SMILES string of the molecule is COc1ccccc1OCCC(=O)N1CCNCC1C. The minimum Gasteiger partial charge on any atom is -0.493 e. The minimum absolute atomic E-state index is 0.147. The molecule has 1 aromatic carbocycles. The Balaban J connectivity index is 1.81. The first-order valence-corrected chi connectivity index (χ1v) is 6.98. The lowest BCUT2D eigenvalue weighted by molar-refractivity contribution is -0.134. The standard InChI is InChI=1S/C15H22N2O3/c1-12-11-16-8-9-17(12)15(18)7-10-20-14-6-4-3-5-13(14)19-2/h3-6,12,16H,7-11H2,1-2H3. The molecule has 20 heavy (non-hydrogen) atoms. The molecule has 0 aliphatic carbocycles. The zero-order valence-electron chi connectivity index (χ0n) is 12.1. The summed E-state index contributed by atoms with van der Waals surface area (Å²) in [5.41, 5.74) is 0. The molecule has 110 valence electrons. The fraction of sp³-hybridized carbons (Fsp3) is 0.533. The Morgan fingerprint density at radius 1 is 1.40 bits per heavy atom. The molecule has 2 rings (SSSR count). The van der Waals surface area contributed by atoms with E-state index < -0.39 is 0 Å². The molecular formula is C15H22N2O3. The van der Waals surface area contributed by atoms with E-state index in [9.17, 15) is 4.79 Å². The van der Waals surface area contributed by atoms with E-state index in [1.165, 1.54) is 0 Å². The van der Waals surface area contributed by atoms with Crippen molar-refractivity contribution < 1.29 is 14.3 Å². The van der Waals surface area contributed by atoms with E-state index in [4.69, 9.17) is 9.47 Å². The third kappa shape index (κ3) is 3.63. The lowest BCUT2D eigenvalue weighted by Gasteiger charge is -2.34. The van der Waals surface area contributed by atoms with Crippen LogP contribution in [0.5, 0.6) is 11.5 Å². The van der Waals surface area contributed by atoms with Crippen LogP contribution in [0.25, 0.3) is 0 Å². The Labute approximate surface area is 119 Å². The predicted octanol–water partition coefficient (Wildman–Crippen LogP) is 1.28. The number of hydrogen-bond acceptors (Lipinski definition) is 4. The van der Waals surface area contributed by atoms with E-state index in [1.807, 2.05) is 29.2 Å². The molecule has 0 bridgehead atoms. The maximum absolute atomic E-state index is 12.1. The first-order chi connectivity index (χ1) is 9.72.